The smallest absolute Gasteiger partial charge is 0.00965 e. The molecular formula is C12H26N2. The fourth-order valence-corrected chi connectivity index (χ4v) is 1.95. The highest BCUT2D eigenvalue weighted by molar-refractivity contribution is 4.71. The average Bonchev–Trinajstić information content (AvgIpc) is 2.13. The van der Waals surface area contributed by atoms with Crippen LogP contribution in [-0.4, -0.2) is 36.6 Å². The molecule has 0 aromatic carbocycles. The van der Waals surface area contributed by atoms with Crippen LogP contribution in [0.5, 0.6) is 0 Å². The summed E-state index contributed by atoms with van der Waals surface area (Å²) in [6, 6.07) is 0. The van der Waals surface area contributed by atoms with Gasteiger partial charge < -0.3 is 10.2 Å². The minimum Gasteiger partial charge on any atom is -0.312 e. The Labute approximate surface area is 89.1 Å². The zero-order chi connectivity index (χ0) is 10.4. The fraction of sp³-hybridized carbons (Fsp3) is 1.00. The van der Waals surface area contributed by atoms with Gasteiger partial charge in [0.1, 0.15) is 0 Å². The number of nitrogens with zero attached hydrogens (tertiary/aromatic N) is 1. The Morgan fingerprint density at radius 3 is 2.29 bits per heavy atom. The summed E-state index contributed by atoms with van der Waals surface area (Å²) in [5.41, 5.74) is 0.280. The van der Waals surface area contributed by atoms with Gasteiger partial charge in [-0.2, -0.15) is 0 Å². The van der Waals surface area contributed by atoms with Gasteiger partial charge in [0.25, 0.3) is 0 Å². The first-order chi connectivity index (χ1) is 6.58. The Morgan fingerprint density at radius 1 is 1.07 bits per heavy atom. The van der Waals surface area contributed by atoms with Crippen molar-refractivity contribution in [1.29, 1.82) is 0 Å². The maximum absolute atomic E-state index is 3.53. The lowest BCUT2D eigenvalue weighted by Gasteiger charge is -2.27. The van der Waals surface area contributed by atoms with Crippen LogP contribution in [0.4, 0.5) is 0 Å². The van der Waals surface area contributed by atoms with Crippen molar-refractivity contribution < 1.29 is 0 Å². The Bertz CT molecular complexity index is 143. The van der Waals surface area contributed by atoms with Gasteiger partial charge in [-0.05, 0) is 66.2 Å². The molecule has 0 atom stereocenters. The van der Waals surface area contributed by atoms with E-state index < -0.39 is 0 Å². The lowest BCUT2D eigenvalue weighted by Crippen LogP contribution is -2.38. The van der Waals surface area contributed by atoms with Gasteiger partial charge >= 0.3 is 0 Å². The number of rotatable bonds is 4. The third-order valence-electron chi connectivity index (χ3n) is 2.76. The number of likely N-dealkylation sites (tertiary alicyclic amines) is 1. The first-order valence-electron chi connectivity index (χ1n) is 6.05. The molecule has 0 aliphatic carbocycles. The Hall–Kier alpha value is -0.0800. The van der Waals surface area contributed by atoms with Crippen LogP contribution in [0.1, 0.15) is 46.5 Å². The molecule has 0 amide bonds. The lowest BCUT2D eigenvalue weighted by molar-refractivity contribution is 0.223. The van der Waals surface area contributed by atoms with E-state index in [4.69, 9.17) is 0 Å². The van der Waals surface area contributed by atoms with Crippen molar-refractivity contribution >= 4 is 0 Å². The average molecular weight is 198 g/mol. The maximum atomic E-state index is 3.53. The highest BCUT2D eigenvalue weighted by Gasteiger charge is 2.10. The summed E-state index contributed by atoms with van der Waals surface area (Å²) in [6.45, 7) is 11.8. The van der Waals surface area contributed by atoms with E-state index in [1.165, 1.54) is 45.3 Å². The molecule has 1 fully saturated rings. The summed E-state index contributed by atoms with van der Waals surface area (Å²) in [6.07, 6.45) is 5.55. The Kier molecular flexibility index (Phi) is 4.90. The molecule has 0 saturated carbocycles. The zero-order valence-corrected chi connectivity index (χ0v) is 10.1. The summed E-state index contributed by atoms with van der Waals surface area (Å²) < 4.78 is 0. The normalized spacial score (nSPS) is 19.9. The van der Waals surface area contributed by atoms with Gasteiger partial charge in [0.15, 0.2) is 0 Å². The number of nitrogens with one attached hydrogen (secondary N) is 1. The van der Waals surface area contributed by atoms with Gasteiger partial charge in [-0.3, -0.25) is 0 Å². The van der Waals surface area contributed by atoms with Crippen molar-refractivity contribution in [3.8, 4) is 0 Å². The third-order valence-corrected chi connectivity index (χ3v) is 2.76. The largest absolute Gasteiger partial charge is 0.312 e. The van der Waals surface area contributed by atoms with Crippen LogP contribution in [0.25, 0.3) is 0 Å². The van der Waals surface area contributed by atoms with Gasteiger partial charge in [0, 0.05) is 5.54 Å². The number of piperidine rings is 1. The molecule has 2 nitrogen and oxygen atoms in total. The van der Waals surface area contributed by atoms with Crippen LogP contribution in [0, 0.1) is 0 Å². The molecule has 1 N–H and O–H groups in total. The van der Waals surface area contributed by atoms with Crippen molar-refractivity contribution in [1.82, 2.24) is 10.2 Å². The molecule has 2 heteroatoms. The second kappa shape index (κ2) is 5.72. The SMILES string of the molecule is CC(C)(C)NCCCN1CCCCC1. The summed E-state index contributed by atoms with van der Waals surface area (Å²) in [4.78, 5) is 2.60. The van der Waals surface area contributed by atoms with E-state index in [1.54, 1.807) is 0 Å². The highest BCUT2D eigenvalue weighted by atomic mass is 15.1. The zero-order valence-electron chi connectivity index (χ0n) is 10.1. The highest BCUT2D eigenvalue weighted by Crippen LogP contribution is 2.08. The van der Waals surface area contributed by atoms with Gasteiger partial charge in [-0.25, -0.2) is 0 Å². The molecule has 1 heterocycles. The summed E-state index contributed by atoms with van der Waals surface area (Å²) in [7, 11) is 0. The topological polar surface area (TPSA) is 15.3 Å². The van der Waals surface area contributed by atoms with E-state index in [0.29, 0.717) is 0 Å². The molecule has 0 spiro atoms. The van der Waals surface area contributed by atoms with E-state index in [1.807, 2.05) is 0 Å². The predicted molar refractivity (Wildman–Crippen MR) is 62.7 cm³/mol. The molecule has 1 aliphatic rings. The van der Waals surface area contributed by atoms with Crippen molar-refractivity contribution in [2.24, 2.45) is 0 Å². The van der Waals surface area contributed by atoms with Crippen LogP contribution >= 0.6 is 0 Å². The van der Waals surface area contributed by atoms with E-state index in [2.05, 4.69) is 31.0 Å². The van der Waals surface area contributed by atoms with Crippen LogP contribution in [0.15, 0.2) is 0 Å². The molecule has 0 aromatic rings. The van der Waals surface area contributed by atoms with Gasteiger partial charge in [0.05, 0.1) is 0 Å². The molecule has 1 rings (SSSR count). The minimum atomic E-state index is 0.280. The molecule has 0 aromatic heterocycles. The van der Waals surface area contributed by atoms with Crippen molar-refractivity contribution in [2.45, 2.75) is 52.0 Å². The molecule has 14 heavy (non-hydrogen) atoms. The second-order valence-corrected chi connectivity index (χ2v) is 5.43. The first kappa shape index (κ1) is 12.0. The summed E-state index contributed by atoms with van der Waals surface area (Å²) in [5, 5.41) is 3.53. The molecule has 0 bridgehead atoms. The molecule has 0 radical (unpaired) electrons. The molecule has 0 unspecified atom stereocenters. The summed E-state index contributed by atoms with van der Waals surface area (Å²) >= 11 is 0. The van der Waals surface area contributed by atoms with E-state index in [0.717, 1.165) is 6.54 Å². The minimum absolute atomic E-state index is 0.280. The van der Waals surface area contributed by atoms with E-state index in [-0.39, 0.29) is 5.54 Å². The Morgan fingerprint density at radius 2 is 1.71 bits per heavy atom. The van der Waals surface area contributed by atoms with Crippen LogP contribution in [0.2, 0.25) is 0 Å². The monoisotopic (exact) mass is 198 g/mol. The van der Waals surface area contributed by atoms with Crippen molar-refractivity contribution in [3.63, 3.8) is 0 Å². The quantitative estimate of drug-likeness (QED) is 0.697. The molecule has 1 aliphatic heterocycles. The molecular weight excluding hydrogens is 172 g/mol. The third kappa shape index (κ3) is 5.61. The predicted octanol–water partition coefficient (Wildman–Crippen LogP) is 2.25. The van der Waals surface area contributed by atoms with Gasteiger partial charge in [-0.15, -0.1) is 0 Å². The molecule has 84 valence electrons. The van der Waals surface area contributed by atoms with Crippen molar-refractivity contribution in [2.75, 3.05) is 26.2 Å². The lowest BCUT2D eigenvalue weighted by atomic mass is 10.1. The van der Waals surface area contributed by atoms with E-state index >= 15 is 0 Å². The number of hydrogen-bond acceptors (Lipinski definition) is 2. The fourth-order valence-electron chi connectivity index (χ4n) is 1.95. The Balaban J connectivity index is 1.97. The van der Waals surface area contributed by atoms with Gasteiger partial charge in [-0.1, -0.05) is 6.42 Å². The van der Waals surface area contributed by atoms with Gasteiger partial charge in [0.2, 0.25) is 0 Å². The maximum Gasteiger partial charge on any atom is 0.00965 e. The van der Waals surface area contributed by atoms with Crippen LogP contribution in [-0.2, 0) is 0 Å². The van der Waals surface area contributed by atoms with Crippen LogP contribution in [0.3, 0.4) is 0 Å². The number of hydrogen-bond donors (Lipinski definition) is 1. The van der Waals surface area contributed by atoms with E-state index in [9.17, 15) is 0 Å². The standard InChI is InChI=1S/C12H26N2/c1-12(2,3)13-8-7-11-14-9-5-4-6-10-14/h13H,4-11H2,1-3H3. The molecule has 1 saturated heterocycles. The summed E-state index contributed by atoms with van der Waals surface area (Å²) in [5.74, 6) is 0. The second-order valence-electron chi connectivity index (χ2n) is 5.43. The van der Waals surface area contributed by atoms with Crippen LogP contribution < -0.4 is 5.32 Å². The first-order valence-corrected chi connectivity index (χ1v) is 6.05. The van der Waals surface area contributed by atoms with Crippen molar-refractivity contribution in [3.05, 3.63) is 0 Å².